The Morgan fingerprint density at radius 2 is 2.10 bits per heavy atom. The molecule has 21 heavy (non-hydrogen) atoms. The molecule has 5 heteroatoms. The molecule has 2 rings (SSSR count). The fourth-order valence-corrected chi connectivity index (χ4v) is 3.23. The monoisotopic (exact) mass is 295 g/mol. The molecule has 2 atom stereocenters. The molecule has 5 nitrogen and oxygen atoms in total. The maximum absolute atomic E-state index is 10.8. The second kappa shape index (κ2) is 5.71. The number of nitrogens with zero attached hydrogens (tertiary/aromatic N) is 2. The Kier molecular flexibility index (Phi) is 4.47. The van der Waals surface area contributed by atoms with E-state index in [-0.39, 0.29) is 11.5 Å². The average molecular weight is 295 g/mol. The standard InChI is InChI=1S/C16H29N3O2/c1-7-21-14-8-16(20,15(14,4)5)10-17-9-13-11(2)18-19(6)12(13)3/h14,17,20H,7-10H2,1-6H3/t14-,16-/m0/s1. The third-order valence-corrected chi connectivity index (χ3v) is 5.27. The minimum atomic E-state index is -0.698. The Morgan fingerprint density at radius 1 is 1.43 bits per heavy atom. The molecule has 0 radical (unpaired) electrons. The van der Waals surface area contributed by atoms with Crippen LogP contribution in [0.15, 0.2) is 0 Å². The highest BCUT2D eigenvalue weighted by atomic mass is 16.5. The molecule has 0 spiro atoms. The second-order valence-corrected chi connectivity index (χ2v) is 6.78. The number of ether oxygens (including phenoxy) is 1. The maximum atomic E-state index is 10.8. The SMILES string of the molecule is CCO[C@H]1C[C@](O)(CNCc2c(C)nn(C)c2C)C1(C)C. The summed E-state index contributed by atoms with van der Waals surface area (Å²) in [4.78, 5) is 0. The van der Waals surface area contributed by atoms with Gasteiger partial charge in [0.1, 0.15) is 0 Å². The molecule has 1 fully saturated rings. The van der Waals surface area contributed by atoms with Gasteiger partial charge in [-0.25, -0.2) is 0 Å². The van der Waals surface area contributed by atoms with Crippen LogP contribution in [0.1, 0.15) is 44.1 Å². The molecule has 1 saturated carbocycles. The summed E-state index contributed by atoms with van der Waals surface area (Å²) >= 11 is 0. The summed E-state index contributed by atoms with van der Waals surface area (Å²) in [5, 5.41) is 18.6. The van der Waals surface area contributed by atoms with Crippen LogP contribution in [0, 0.1) is 19.3 Å². The van der Waals surface area contributed by atoms with Gasteiger partial charge in [-0.2, -0.15) is 5.10 Å². The Morgan fingerprint density at radius 3 is 2.57 bits per heavy atom. The Balaban J connectivity index is 1.92. The van der Waals surface area contributed by atoms with E-state index in [0.29, 0.717) is 19.6 Å². The first-order valence-corrected chi connectivity index (χ1v) is 7.76. The van der Waals surface area contributed by atoms with Crippen molar-refractivity contribution in [1.29, 1.82) is 0 Å². The normalized spacial score (nSPS) is 27.7. The summed E-state index contributed by atoms with van der Waals surface area (Å²) in [5.74, 6) is 0. The van der Waals surface area contributed by atoms with Gasteiger partial charge in [0.2, 0.25) is 0 Å². The van der Waals surface area contributed by atoms with E-state index >= 15 is 0 Å². The predicted octanol–water partition coefficient (Wildman–Crippen LogP) is 1.69. The number of rotatable bonds is 6. The summed E-state index contributed by atoms with van der Waals surface area (Å²) in [6.45, 7) is 12.3. The van der Waals surface area contributed by atoms with Crippen LogP contribution in [0.5, 0.6) is 0 Å². The minimum absolute atomic E-state index is 0.149. The average Bonchev–Trinajstić information content (AvgIpc) is 2.65. The van der Waals surface area contributed by atoms with Crippen molar-refractivity contribution in [1.82, 2.24) is 15.1 Å². The van der Waals surface area contributed by atoms with Crippen molar-refractivity contribution in [2.24, 2.45) is 12.5 Å². The molecule has 1 aliphatic carbocycles. The molecule has 1 aromatic heterocycles. The van der Waals surface area contributed by atoms with Crippen molar-refractivity contribution in [3.8, 4) is 0 Å². The highest BCUT2D eigenvalue weighted by Gasteiger charge is 2.59. The number of aryl methyl sites for hydroxylation is 2. The Labute approximate surface area is 127 Å². The van der Waals surface area contributed by atoms with E-state index in [1.54, 1.807) is 0 Å². The van der Waals surface area contributed by atoms with Crippen LogP contribution in [-0.4, -0.2) is 39.7 Å². The molecule has 0 unspecified atom stereocenters. The number of nitrogens with one attached hydrogen (secondary N) is 1. The van der Waals surface area contributed by atoms with Crippen LogP contribution >= 0.6 is 0 Å². The Bertz CT molecular complexity index is 510. The summed E-state index contributed by atoms with van der Waals surface area (Å²) in [6.07, 6.45) is 0.849. The molecule has 120 valence electrons. The van der Waals surface area contributed by atoms with Crippen molar-refractivity contribution >= 4 is 0 Å². The van der Waals surface area contributed by atoms with Gasteiger partial charge in [-0.15, -0.1) is 0 Å². The van der Waals surface area contributed by atoms with Crippen LogP contribution in [-0.2, 0) is 18.3 Å². The summed E-state index contributed by atoms with van der Waals surface area (Å²) in [5.41, 5.74) is 2.53. The van der Waals surface area contributed by atoms with Crippen molar-refractivity contribution in [2.45, 2.75) is 59.3 Å². The number of aromatic nitrogens is 2. The number of hydrogen-bond donors (Lipinski definition) is 2. The number of aliphatic hydroxyl groups is 1. The smallest absolute Gasteiger partial charge is 0.0871 e. The molecular formula is C16H29N3O2. The molecule has 0 amide bonds. The Hall–Kier alpha value is -0.910. The zero-order valence-electron chi connectivity index (χ0n) is 14.2. The summed E-state index contributed by atoms with van der Waals surface area (Å²) in [6, 6.07) is 0. The summed E-state index contributed by atoms with van der Waals surface area (Å²) in [7, 11) is 1.96. The molecule has 2 N–H and O–H groups in total. The molecule has 0 aromatic carbocycles. The third kappa shape index (κ3) is 2.74. The van der Waals surface area contributed by atoms with Crippen molar-refractivity contribution in [3.63, 3.8) is 0 Å². The fraction of sp³-hybridized carbons (Fsp3) is 0.812. The van der Waals surface area contributed by atoms with Crippen molar-refractivity contribution in [2.75, 3.05) is 13.2 Å². The zero-order chi connectivity index (χ0) is 15.8. The van der Waals surface area contributed by atoms with Gasteiger partial charge in [-0.05, 0) is 20.8 Å². The van der Waals surface area contributed by atoms with E-state index < -0.39 is 5.60 Å². The van der Waals surface area contributed by atoms with Gasteiger partial charge in [0.05, 0.1) is 17.4 Å². The predicted molar refractivity (Wildman–Crippen MR) is 83.2 cm³/mol. The van der Waals surface area contributed by atoms with Crippen molar-refractivity contribution < 1.29 is 9.84 Å². The lowest BCUT2D eigenvalue weighted by Gasteiger charge is -2.58. The van der Waals surface area contributed by atoms with Gasteiger partial charge in [-0.3, -0.25) is 4.68 Å². The molecular weight excluding hydrogens is 266 g/mol. The number of hydrogen-bond acceptors (Lipinski definition) is 4. The van der Waals surface area contributed by atoms with Crippen LogP contribution < -0.4 is 5.32 Å². The molecule has 0 saturated heterocycles. The first-order valence-electron chi connectivity index (χ1n) is 7.76. The third-order valence-electron chi connectivity index (χ3n) is 5.27. The molecule has 1 heterocycles. The lowest BCUT2D eigenvalue weighted by Crippen LogP contribution is -2.68. The van der Waals surface area contributed by atoms with E-state index in [1.165, 1.54) is 11.3 Å². The zero-order valence-corrected chi connectivity index (χ0v) is 14.2. The van der Waals surface area contributed by atoms with Crippen molar-refractivity contribution in [3.05, 3.63) is 17.0 Å². The van der Waals surface area contributed by atoms with Crippen LogP contribution in [0.2, 0.25) is 0 Å². The highest BCUT2D eigenvalue weighted by molar-refractivity contribution is 5.24. The fourth-order valence-electron chi connectivity index (χ4n) is 3.23. The molecule has 0 aliphatic heterocycles. The molecule has 1 aliphatic rings. The first kappa shape index (κ1) is 16.5. The van der Waals surface area contributed by atoms with Gasteiger partial charge >= 0.3 is 0 Å². The largest absolute Gasteiger partial charge is 0.388 e. The lowest BCUT2D eigenvalue weighted by molar-refractivity contribution is -0.238. The van der Waals surface area contributed by atoms with E-state index in [9.17, 15) is 5.11 Å². The van der Waals surface area contributed by atoms with Gasteiger partial charge < -0.3 is 15.2 Å². The van der Waals surface area contributed by atoms with E-state index in [1.807, 2.05) is 25.6 Å². The van der Waals surface area contributed by atoms with Gasteiger partial charge in [0.15, 0.2) is 0 Å². The topological polar surface area (TPSA) is 59.3 Å². The maximum Gasteiger partial charge on any atom is 0.0871 e. The molecule has 0 bridgehead atoms. The van der Waals surface area contributed by atoms with E-state index in [2.05, 4.69) is 31.2 Å². The van der Waals surface area contributed by atoms with E-state index in [4.69, 9.17) is 4.74 Å². The second-order valence-electron chi connectivity index (χ2n) is 6.78. The molecule has 1 aromatic rings. The van der Waals surface area contributed by atoms with Gasteiger partial charge in [0, 0.05) is 49.8 Å². The van der Waals surface area contributed by atoms with Crippen LogP contribution in [0.3, 0.4) is 0 Å². The highest BCUT2D eigenvalue weighted by Crippen LogP contribution is 2.50. The van der Waals surface area contributed by atoms with Gasteiger partial charge in [-0.1, -0.05) is 13.8 Å². The summed E-state index contributed by atoms with van der Waals surface area (Å²) < 4.78 is 7.60. The lowest BCUT2D eigenvalue weighted by atomic mass is 9.56. The van der Waals surface area contributed by atoms with Crippen LogP contribution in [0.4, 0.5) is 0 Å². The minimum Gasteiger partial charge on any atom is -0.388 e. The van der Waals surface area contributed by atoms with Gasteiger partial charge in [0.25, 0.3) is 0 Å². The van der Waals surface area contributed by atoms with Crippen LogP contribution in [0.25, 0.3) is 0 Å². The first-order chi connectivity index (χ1) is 9.73. The quantitative estimate of drug-likeness (QED) is 0.838. The van der Waals surface area contributed by atoms with E-state index in [0.717, 1.165) is 12.2 Å².